The van der Waals surface area contributed by atoms with Crippen molar-refractivity contribution in [2.45, 2.75) is 19.4 Å². The first-order chi connectivity index (χ1) is 13.0. The summed E-state index contributed by atoms with van der Waals surface area (Å²) in [6.07, 6.45) is 0.767. The molecule has 0 saturated carbocycles. The summed E-state index contributed by atoms with van der Waals surface area (Å²) >= 11 is 0. The van der Waals surface area contributed by atoms with E-state index >= 15 is 0 Å². The first kappa shape index (κ1) is 18.4. The van der Waals surface area contributed by atoms with Gasteiger partial charge in [-0.15, -0.1) is 0 Å². The van der Waals surface area contributed by atoms with Crippen LogP contribution in [-0.2, 0) is 20.7 Å². The Kier molecular flexibility index (Phi) is 5.40. The highest BCUT2D eigenvalue weighted by molar-refractivity contribution is 5.98. The van der Waals surface area contributed by atoms with Crippen molar-refractivity contribution >= 4 is 23.5 Å². The molecule has 1 atom stereocenters. The SMILES string of the molecule is C[C@H]1Cc2ccccc2N1C(=O)COC(=O)COc1ccccc1C(N)=O. The zero-order chi connectivity index (χ0) is 19.4. The molecule has 0 fully saturated rings. The van der Waals surface area contributed by atoms with Crippen LogP contribution in [0.1, 0.15) is 22.8 Å². The first-order valence-corrected chi connectivity index (χ1v) is 8.54. The Bertz CT molecular complexity index is 880. The van der Waals surface area contributed by atoms with Gasteiger partial charge in [0.1, 0.15) is 5.75 Å². The highest BCUT2D eigenvalue weighted by Gasteiger charge is 2.30. The molecule has 2 N–H and O–H groups in total. The highest BCUT2D eigenvalue weighted by Crippen LogP contribution is 2.31. The summed E-state index contributed by atoms with van der Waals surface area (Å²) in [5.41, 5.74) is 7.36. The third kappa shape index (κ3) is 4.08. The number of carbonyl (C=O) groups excluding carboxylic acids is 3. The van der Waals surface area contributed by atoms with Crippen LogP contribution in [0.3, 0.4) is 0 Å². The van der Waals surface area contributed by atoms with Crippen LogP contribution in [0.15, 0.2) is 48.5 Å². The predicted molar refractivity (Wildman–Crippen MR) is 98.5 cm³/mol. The fourth-order valence-electron chi connectivity index (χ4n) is 3.13. The van der Waals surface area contributed by atoms with Crippen molar-refractivity contribution in [2.75, 3.05) is 18.1 Å². The summed E-state index contributed by atoms with van der Waals surface area (Å²) < 4.78 is 10.3. The van der Waals surface area contributed by atoms with Crippen molar-refractivity contribution in [2.24, 2.45) is 5.73 Å². The van der Waals surface area contributed by atoms with E-state index in [1.807, 2.05) is 31.2 Å². The van der Waals surface area contributed by atoms with Gasteiger partial charge in [0.25, 0.3) is 11.8 Å². The lowest BCUT2D eigenvalue weighted by Crippen LogP contribution is -2.39. The van der Waals surface area contributed by atoms with Crippen LogP contribution in [-0.4, -0.2) is 37.0 Å². The number of rotatable bonds is 6. The number of nitrogens with zero attached hydrogens (tertiary/aromatic N) is 1. The van der Waals surface area contributed by atoms with Crippen LogP contribution in [0.25, 0.3) is 0 Å². The number of primary amides is 1. The number of hydrogen-bond donors (Lipinski definition) is 1. The monoisotopic (exact) mass is 368 g/mol. The van der Waals surface area contributed by atoms with Gasteiger partial charge >= 0.3 is 5.97 Å². The van der Waals surface area contributed by atoms with Crippen molar-refractivity contribution in [1.82, 2.24) is 0 Å². The molecule has 0 saturated heterocycles. The topological polar surface area (TPSA) is 98.9 Å². The van der Waals surface area contributed by atoms with Crippen LogP contribution in [0.4, 0.5) is 5.69 Å². The second-order valence-corrected chi connectivity index (χ2v) is 6.26. The van der Waals surface area contributed by atoms with Crippen molar-refractivity contribution in [3.8, 4) is 5.75 Å². The van der Waals surface area contributed by atoms with Gasteiger partial charge < -0.3 is 20.1 Å². The van der Waals surface area contributed by atoms with Gasteiger partial charge in [-0.05, 0) is 37.1 Å². The molecule has 2 aromatic rings. The van der Waals surface area contributed by atoms with Gasteiger partial charge in [0.05, 0.1) is 5.56 Å². The Morgan fingerprint density at radius 3 is 2.56 bits per heavy atom. The molecule has 2 aromatic carbocycles. The molecule has 0 radical (unpaired) electrons. The maximum atomic E-state index is 12.5. The minimum Gasteiger partial charge on any atom is -0.481 e. The molecule has 1 heterocycles. The fourth-order valence-corrected chi connectivity index (χ4v) is 3.13. The summed E-state index contributed by atoms with van der Waals surface area (Å²) in [7, 11) is 0. The number of amides is 2. The molecule has 7 nitrogen and oxygen atoms in total. The van der Waals surface area contributed by atoms with E-state index in [1.54, 1.807) is 17.0 Å². The molecule has 140 valence electrons. The average Bonchev–Trinajstić information content (AvgIpc) is 3.00. The van der Waals surface area contributed by atoms with E-state index < -0.39 is 18.5 Å². The first-order valence-electron chi connectivity index (χ1n) is 8.54. The Morgan fingerprint density at radius 1 is 1.07 bits per heavy atom. The van der Waals surface area contributed by atoms with Crippen LogP contribution in [0, 0.1) is 0 Å². The van der Waals surface area contributed by atoms with Crippen LogP contribution >= 0.6 is 0 Å². The molecular formula is C20H20N2O5. The van der Waals surface area contributed by atoms with E-state index in [9.17, 15) is 14.4 Å². The summed E-state index contributed by atoms with van der Waals surface area (Å²) in [6.45, 7) is 1.14. The normalized spacial score (nSPS) is 15.1. The Labute approximate surface area is 156 Å². The summed E-state index contributed by atoms with van der Waals surface area (Å²) in [5.74, 6) is -1.47. The number of para-hydroxylation sites is 2. The van der Waals surface area contributed by atoms with E-state index in [0.717, 1.165) is 17.7 Å². The highest BCUT2D eigenvalue weighted by atomic mass is 16.6. The minimum atomic E-state index is -0.706. The lowest BCUT2D eigenvalue weighted by molar-refractivity contribution is -0.149. The van der Waals surface area contributed by atoms with E-state index in [-0.39, 0.29) is 29.9 Å². The number of carbonyl (C=O) groups is 3. The van der Waals surface area contributed by atoms with Gasteiger partial charge in [-0.25, -0.2) is 4.79 Å². The van der Waals surface area contributed by atoms with E-state index in [4.69, 9.17) is 15.2 Å². The maximum Gasteiger partial charge on any atom is 0.344 e. The van der Waals surface area contributed by atoms with E-state index in [2.05, 4.69) is 0 Å². The molecule has 2 amide bonds. The van der Waals surface area contributed by atoms with Crippen LogP contribution in [0.2, 0.25) is 0 Å². The summed E-state index contributed by atoms with van der Waals surface area (Å²) in [4.78, 5) is 37.4. The molecular weight excluding hydrogens is 348 g/mol. The summed E-state index contributed by atoms with van der Waals surface area (Å²) in [5, 5.41) is 0. The largest absolute Gasteiger partial charge is 0.481 e. The van der Waals surface area contributed by atoms with E-state index in [0.29, 0.717) is 0 Å². The van der Waals surface area contributed by atoms with Gasteiger partial charge in [-0.3, -0.25) is 9.59 Å². The number of nitrogens with two attached hydrogens (primary N) is 1. The third-order valence-corrected chi connectivity index (χ3v) is 4.33. The standard InChI is InChI=1S/C20H20N2O5/c1-13-10-14-6-2-4-8-16(14)22(13)18(23)11-27-19(24)12-26-17-9-5-3-7-15(17)20(21)25/h2-9,13H,10-12H2,1H3,(H2,21,25)/t13-/m0/s1. The molecule has 0 bridgehead atoms. The average molecular weight is 368 g/mol. The number of fused-ring (bicyclic) bond motifs is 1. The predicted octanol–water partition coefficient (Wildman–Crippen LogP) is 1.69. The molecule has 0 spiro atoms. The van der Waals surface area contributed by atoms with Crippen LogP contribution in [0.5, 0.6) is 5.75 Å². The smallest absolute Gasteiger partial charge is 0.344 e. The molecule has 1 aliphatic rings. The number of anilines is 1. The van der Waals surface area contributed by atoms with Gasteiger partial charge in [0, 0.05) is 11.7 Å². The number of esters is 1. The minimum absolute atomic E-state index is 0.00676. The van der Waals surface area contributed by atoms with Gasteiger partial charge in [0.15, 0.2) is 13.2 Å². The Hall–Kier alpha value is -3.35. The lowest BCUT2D eigenvalue weighted by Gasteiger charge is -2.22. The zero-order valence-corrected chi connectivity index (χ0v) is 14.9. The van der Waals surface area contributed by atoms with E-state index in [1.165, 1.54) is 12.1 Å². The molecule has 1 aliphatic heterocycles. The third-order valence-electron chi connectivity index (χ3n) is 4.33. The molecule has 0 aromatic heterocycles. The van der Waals surface area contributed by atoms with Crippen molar-refractivity contribution in [1.29, 1.82) is 0 Å². The molecule has 7 heteroatoms. The Morgan fingerprint density at radius 2 is 1.78 bits per heavy atom. The Balaban J connectivity index is 1.54. The molecule has 3 rings (SSSR count). The van der Waals surface area contributed by atoms with Gasteiger partial charge in [-0.1, -0.05) is 30.3 Å². The lowest BCUT2D eigenvalue weighted by atomic mass is 10.1. The number of hydrogen-bond acceptors (Lipinski definition) is 5. The number of benzene rings is 2. The fraction of sp³-hybridized carbons (Fsp3) is 0.250. The molecule has 27 heavy (non-hydrogen) atoms. The zero-order valence-electron chi connectivity index (χ0n) is 14.9. The molecule has 0 unspecified atom stereocenters. The van der Waals surface area contributed by atoms with Gasteiger partial charge in [0.2, 0.25) is 0 Å². The number of ether oxygens (including phenoxy) is 2. The summed E-state index contributed by atoms with van der Waals surface area (Å²) in [6, 6.07) is 14.0. The van der Waals surface area contributed by atoms with Crippen molar-refractivity contribution in [3.05, 3.63) is 59.7 Å². The van der Waals surface area contributed by atoms with Crippen molar-refractivity contribution in [3.63, 3.8) is 0 Å². The van der Waals surface area contributed by atoms with Crippen molar-refractivity contribution < 1.29 is 23.9 Å². The second kappa shape index (κ2) is 7.90. The molecule has 0 aliphatic carbocycles. The second-order valence-electron chi connectivity index (χ2n) is 6.26. The quantitative estimate of drug-likeness (QED) is 0.782. The van der Waals surface area contributed by atoms with Gasteiger partial charge in [-0.2, -0.15) is 0 Å². The van der Waals surface area contributed by atoms with Crippen LogP contribution < -0.4 is 15.4 Å². The maximum absolute atomic E-state index is 12.5.